The normalized spacial score (nSPS) is 10.5. The summed E-state index contributed by atoms with van der Waals surface area (Å²) in [5.41, 5.74) is 8.49. The van der Waals surface area contributed by atoms with Crippen molar-refractivity contribution in [3.8, 4) is 0 Å². The van der Waals surface area contributed by atoms with Gasteiger partial charge in [0.1, 0.15) is 30.0 Å². The zero-order valence-electron chi connectivity index (χ0n) is 54.8. The molecule has 33 nitrogen and oxygen atoms in total. The topological polar surface area (TPSA) is 472 Å². The van der Waals surface area contributed by atoms with Crippen molar-refractivity contribution >= 4 is 71.7 Å². The minimum absolute atomic E-state index is 0.0634. The van der Waals surface area contributed by atoms with Crippen LogP contribution in [0, 0.1) is 0 Å². The third-order valence-electron chi connectivity index (χ3n) is 9.78. The van der Waals surface area contributed by atoms with Crippen LogP contribution < -0.4 is 38.1 Å². The number of hydrogen-bond acceptors (Lipinski definition) is 23. The number of aliphatic carboxylic acids is 2. The first-order valence-corrected chi connectivity index (χ1v) is 29.0. The number of carbonyl (C=O) groups excluding carboxylic acids is 10. The summed E-state index contributed by atoms with van der Waals surface area (Å²) >= 11 is 0. The molecular formula is C56H108N10O23. The van der Waals surface area contributed by atoms with E-state index in [-0.39, 0.29) is 165 Å². The highest BCUT2D eigenvalue weighted by atomic mass is 16.6. The third-order valence-corrected chi connectivity index (χ3v) is 9.78. The van der Waals surface area contributed by atoms with Crippen LogP contribution in [0.2, 0.25) is 0 Å². The molecule has 0 aliphatic rings. The molecule has 33 heteroatoms. The molecule has 0 rings (SSSR count). The number of rotatable bonds is 37. The Morgan fingerprint density at radius 2 is 0.685 bits per heavy atom. The molecule has 0 aromatic rings. The largest absolute Gasteiger partial charge is 0.481 e. The van der Waals surface area contributed by atoms with Crippen LogP contribution in [0.15, 0.2) is 0 Å². The van der Waals surface area contributed by atoms with E-state index >= 15 is 0 Å². The molecule has 0 heterocycles. The van der Waals surface area contributed by atoms with Crippen molar-refractivity contribution in [3.05, 3.63) is 0 Å². The summed E-state index contributed by atoms with van der Waals surface area (Å²) in [5, 5.41) is 46.2. The number of nitrogens with zero attached hydrogens (tertiary/aromatic N) is 3. The van der Waals surface area contributed by atoms with Gasteiger partial charge >= 0.3 is 42.2 Å². The van der Waals surface area contributed by atoms with Gasteiger partial charge in [0, 0.05) is 132 Å². The highest BCUT2D eigenvalue weighted by Crippen LogP contribution is 2.09. The SMILES string of the molecule is CC(C)(C)OC(=O)NCCC(=O)N(CCO)CCO.CC(C)(C)OC(=O)NCCC(=O)O.COCCN(CCOC(=O)CCCNC(C)=O)C(=O)CCN.COCCN(CCOC(=O)CCCNC(C)=O)C(=O)CCNC(=O)OC(C)(C)C.NCCC(=O)O. The van der Waals surface area contributed by atoms with Gasteiger partial charge in [-0.1, -0.05) is 0 Å². The van der Waals surface area contributed by atoms with E-state index in [1.165, 1.54) is 30.8 Å². The molecule has 0 unspecified atom stereocenters. The number of aliphatic hydroxyl groups is 2. The predicted octanol–water partition coefficient (Wildman–Crippen LogP) is 0.225. The number of esters is 2. The number of carboxylic acids is 2. The van der Waals surface area contributed by atoms with Crippen molar-refractivity contribution in [2.75, 3.05) is 139 Å². The summed E-state index contributed by atoms with van der Waals surface area (Å²) in [6, 6.07) is 0. The zero-order valence-corrected chi connectivity index (χ0v) is 54.8. The van der Waals surface area contributed by atoms with Gasteiger partial charge < -0.3 is 106 Å². The number of ether oxygens (including phenoxy) is 7. The summed E-state index contributed by atoms with van der Waals surface area (Å²) in [6.45, 7) is 22.6. The molecule has 0 bridgehead atoms. The van der Waals surface area contributed by atoms with Gasteiger partial charge in [-0.15, -0.1) is 0 Å². The summed E-state index contributed by atoms with van der Waals surface area (Å²) < 4.78 is 35.2. The number of hydrogen-bond donors (Lipinski definition) is 11. The Kier molecular flexibility index (Phi) is 57.0. The Bertz CT molecular complexity index is 2010. The van der Waals surface area contributed by atoms with Crippen molar-refractivity contribution < 1.29 is 111 Å². The average molecular weight is 1290 g/mol. The maximum Gasteiger partial charge on any atom is 0.407 e. The number of nitrogens with two attached hydrogens (primary N) is 2. The standard InChI is InChI=1S/C19H35N3O7.C14H27N3O5.C12H24N2O5.C8H15NO4.C3H7NO2/c1-15(23)20-9-6-7-17(25)28-14-12-22(11-13-27-5)16(24)8-10-21-18(26)29-19(2,3)4;1-12(18)16-7-3-4-14(20)22-11-9-17(8-10-21-2)13(19)5-6-15;1-12(2,3)19-11(18)13-5-4-10(17)14(6-8-15)7-9-16;1-8(2,3)13-7(12)9-5-4-6(10)11;4-2-1-3(5)6/h6-14H2,1-5H3,(H,20,23)(H,21,26);3-11,15H2,1-2H3,(H,16,18);15-16H,4-9H2,1-3H3,(H,13,18);4-5H2,1-3H3,(H,9,12)(H,10,11);1-2,4H2,(H,5,6). The van der Waals surface area contributed by atoms with Crippen LogP contribution in [0.4, 0.5) is 14.4 Å². The van der Waals surface area contributed by atoms with Gasteiger partial charge in [-0.3, -0.25) is 43.2 Å². The molecule has 0 saturated heterocycles. The first kappa shape index (κ1) is 90.5. The lowest BCUT2D eigenvalue weighted by molar-refractivity contribution is -0.146. The van der Waals surface area contributed by atoms with E-state index in [0.29, 0.717) is 58.8 Å². The van der Waals surface area contributed by atoms with E-state index in [9.17, 15) is 57.5 Å². The highest BCUT2D eigenvalue weighted by molar-refractivity contribution is 5.79. The second-order valence-electron chi connectivity index (χ2n) is 21.6. The van der Waals surface area contributed by atoms with Crippen molar-refractivity contribution in [3.63, 3.8) is 0 Å². The molecule has 0 fully saturated rings. The minimum atomic E-state index is -0.948. The molecule has 0 aromatic heterocycles. The summed E-state index contributed by atoms with van der Waals surface area (Å²) in [6.07, 6.45) is 0.104. The minimum Gasteiger partial charge on any atom is -0.481 e. The number of carboxylic acid groups (broad SMARTS) is 2. The number of carbonyl (C=O) groups is 12. The molecule has 0 aliphatic carbocycles. The van der Waals surface area contributed by atoms with Crippen LogP contribution in [-0.2, 0) is 76.3 Å². The molecule has 520 valence electrons. The van der Waals surface area contributed by atoms with Crippen LogP contribution in [0.5, 0.6) is 0 Å². The van der Waals surface area contributed by atoms with E-state index < -0.39 is 47.0 Å². The van der Waals surface area contributed by atoms with Crippen molar-refractivity contribution in [2.24, 2.45) is 11.5 Å². The lowest BCUT2D eigenvalue weighted by Gasteiger charge is -2.23. The van der Waals surface area contributed by atoms with Gasteiger partial charge in [0.05, 0.1) is 52.4 Å². The second-order valence-corrected chi connectivity index (χ2v) is 21.6. The summed E-state index contributed by atoms with van der Waals surface area (Å²) in [5.74, 6) is -3.30. The average Bonchev–Trinajstić information content (AvgIpc) is 3.40. The molecule has 8 amide bonds. The quantitative estimate of drug-likeness (QED) is 0.0225. The maximum absolute atomic E-state index is 12.4. The molecule has 0 aromatic carbocycles. The van der Waals surface area contributed by atoms with Gasteiger partial charge in [-0.2, -0.15) is 0 Å². The fourth-order valence-corrected chi connectivity index (χ4v) is 5.88. The smallest absolute Gasteiger partial charge is 0.407 e. The molecule has 89 heavy (non-hydrogen) atoms. The number of aliphatic hydroxyl groups excluding tert-OH is 2. The van der Waals surface area contributed by atoms with Gasteiger partial charge in [-0.25, -0.2) is 14.4 Å². The van der Waals surface area contributed by atoms with Crippen molar-refractivity contribution in [2.45, 2.75) is 151 Å². The van der Waals surface area contributed by atoms with Crippen LogP contribution >= 0.6 is 0 Å². The Hall–Kier alpha value is -7.20. The number of amides is 8. The summed E-state index contributed by atoms with van der Waals surface area (Å²) in [4.78, 5) is 138. The van der Waals surface area contributed by atoms with Gasteiger partial charge in [-0.05, 0) is 75.2 Å². The van der Waals surface area contributed by atoms with E-state index in [2.05, 4.69) is 26.6 Å². The Morgan fingerprint density at radius 3 is 0.944 bits per heavy atom. The molecule has 0 atom stereocenters. The van der Waals surface area contributed by atoms with Gasteiger partial charge in [0.15, 0.2) is 0 Å². The highest BCUT2D eigenvalue weighted by Gasteiger charge is 2.21. The van der Waals surface area contributed by atoms with Crippen LogP contribution in [0.25, 0.3) is 0 Å². The molecule has 0 spiro atoms. The lowest BCUT2D eigenvalue weighted by Crippen LogP contribution is -2.39. The number of methoxy groups -OCH3 is 2. The van der Waals surface area contributed by atoms with Crippen molar-refractivity contribution in [1.29, 1.82) is 0 Å². The monoisotopic (exact) mass is 1290 g/mol. The van der Waals surface area contributed by atoms with Crippen LogP contribution in [-0.4, -0.2) is 263 Å². The fraction of sp³-hybridized carbons (Fsp3) is 0.786. The fourth-order valence-electron chi connectivity index (χ4n) is 5.88. The van der Waals surface area contributed by atoms with Crippen molar-refractivity contribution in [1.82, 2.24) is 41.3 Å². The van der Waals surface area contributed by atoms with Gasteiger partial charge in [0.2, 0.25) is 29.5 Å². The third kappa shape index (κ3) is 71.4. The first-order chi connectivity index (χ1) is 41.4. The Balaban J connectivity index is -0.000000352. The maximum atomic E-state index is 12.4. The van der Waals surface area contributed by atoms with E-state index in [1.54, 1.807) is 74.3 Å². The number of alkyl carbamates (subject to hydrolysis) is 3. The summed E-state index contributed by atoms with van der Waals surface area (Å²) in [7, 11) is 3.09. The van der Waals surface area contributed by atoms with E-state index in [1.807, 2.05) is 0 Å². The molecule has 0 aliphatic heterocycles. The molecule has 13 N–H and O–H groups in total. The first-order valence-electron chi connectivity index (χ1n) is 29.0. The number of nitrogens with one attached hydrogen (secondary N) is 5. The lowest BCUT2D eigenvalue weighted by atomic mass is 10.2. The van der Waals surface area contributed by atoms with Crippen LogP contribution in [0.1, 0.15) is 134 Å². The van der Waals surface area contributed by atoms with Crippen LogP contribution in [0.3, 0.4) is 0 Å². The molecule has 0 saturated carbocycles. The predicted molar refractivity (Wildman–Crippen MR) is 325 cm³/mol. The Morgan fingerprint density at radius 1 is 0.393 bits per heavy atom. The van der Waals surface area contributed by atoms with E-state index in [4.69, 9.17) is 65.1 Å². The van der Waals surface area contributed by atoms with Gasteiger partial charge in [0.25, 0.3) is 0 Å². The van der Waals surface area contributed by atoms with E-state index in [0.717, 1.165) is 0 Å². The molecular weight excluding hydrogens is 1180 g/mol. The zero-order chi connectivity index (χ0) is 69.4. The molecule has 0 radical (unpaired) electrons. The Labute approximate surface area is 523 Å². The second kappa shape index (κ2) is 56.1.